The van der Waals surface area contributed by atoms with Gasteiger partial charge in [-0.3, -0.25) is 9.59 Å². The Morgan fingerprint density at radius 2 is 1.76 bits per heavy atom. The van der Waals surface area contributed by atoms with E-state index in [1.54, 1.807) is 18.2 Å². The standard InChI is InChI=1S/C18H17Cl2NO4/c19-14-8-4-9-15(18(14)20)21-16(22)12-25-17(23)10-5-11-24-13-6-2-1-3-7-13/h1-4,6-9H,5,10-12H2,(H,21,22). The third-order valence-corrected chi connectivity index (χ3v) is 3.95. The number of carbonyl (C=O) groups excluding carboxylic acids is 2. The van der Waals surface area contributed by atoms with E-state index >= 15 is 0 Å². The Hall–Kier alpha value is -2.24. The van der Waals surface area contributed by atoms with Crippen LogP contribution in [0.25, 0.3) is 0 Å². The van der Waals surface area contributed by atoms with Gasteiger partial charge in [0.15, 0.2) is 6.61 Å². The fraction of sp³-hybridized carbons (Fsp3) is 0.222. The molecule has 2 rings (SSSR count). The highest BCUT2D eigenvalue weighted by molar-refractivity contribution is 6.43. The fourth-order valence-electron chi connectivity index (χ4n) is 1.93. The number of para-hydroxylation sites is 1. The third kappa shape index (κ3) is 6.64. The van der Waals surface area contributed by atoms with Crippen molar-refractivity contribution in [3.63, 3.8) is 0 Å². The Kier molecular flexibility index (Phi) is 7.57. The first-order chi connectivity index (χ1) is 12.1. The molecule has 1 N–H and O–H groups in total. The van der Waals surface area contributed by atoms with E-state index < -0.39 is 11.9 Å². The third-order valence-electron chi connectivity index (χ3n) is 3.13. The van der Waals surface area contributed by atoms with Crippen molar-refractivity contribution in [2.24, 2.45) is 0 Å². The van der Waals surface area contributed by atoms with Gasteiger partial charge in [0, 0.05) is 6.42 Å². The number of esters is 1. The highest BCUT2D eigenvalue weighted by Gasteiger charge is 2.11. The molecule has 132 valence electrons. The average molecular weight is 382 g/mol. The van der Waals surface area contributed by atoms with Gasteiger partial charge in [0.1, 0.15) is 5.75 Å². The molecule has 0 atom stereocenters. The Bertz CT molecular complexity index is 722. The van der Waals surface area contributed by atoms with Crippen LogP contribution in [0.2, 0.25) is 10.0 Å². The second-order valence-corrected chi connectivity index (χ2v) is 5.86. The fourth-order valence-corrected chi connectivity index (χ4v) is 2.28. The lowest BCUT2D eigenvalue weighted by Gasteiger charge is -2.09. The average Bonchev–Trinajstić information content (AvgIpc) is 2.62. The quantitative estimate of drug-likeness (QED) is 0.545. The molecule has 0 fully saturated rings. The molecule has 0 radical (unpaired) electrons. The molecule has 1 amide bonds. The summed E-state index contributed by atoms with van der Waals surface area (Å²) in [4.78, 5) is 23.4. The van der Waals surface area contributed by atoms with Gasteiger partial charge in [-0.15, -0.1) is 0 Å². The number of anilines is 1. The summed E-state index contributed by atoms with van der Waals surface area (Å²) < 4.78 is 10.4. The molecule has 0 aliphatic rings. The maximum Gasteiger partial charge on any atom is 0.306 e. The number of hydrogen-bond donors (Lipinski definition) is 1. The Labute approximate surface area is 155 Å². The van der Waals surface area contributed by atoms with Crippen LogP contribution in [0.5, 0.6) is 5.75 Å². The minimum Gasteiger partial charge on any atom is -0.494 e. The zero-order valence-corrected chi connectivity index (χ0v) is 14.8. The molecule has 25 heavy (non-hydrogen) atoms. The van der Waals surface area contributed by atoms with Gasteiger partial charge in [-0.2, -0.15) is 0 Å². The van der Waals surface area contributed by atoms with E-state index in [1.807, 2.05) is 30.3 Å². The molecule has 2 aromatic rings. The van der Waals surface area contributed by atoms with Crippen molar-refractivity contribution in [2.75, 3.05) is 18.5 Å². The maximum atomic E-state index is 11.8. The zero-order valence-electron chi connectivity index (χ0n) is 13.3. The summed E-state index contributed by atoms with van der Waals surface area (Å²) in [5, 5.41) is 3.10. The van der Waals surface area contributed by atoms with Crippen LogP contribution in [-0.4, -0.2) is 25.1 Å². The van der Waals surface area contributed by atoms with Gasteiger partial charge in [0.2, 0.25) is 0 Å². The van der Waals surface area contributed by atoms with Crippen LogP contribution < -0.4 is 10.1 Å². The van der Waals surface area contributed by atoms with Gasteiger partial charge in [0.05, 0.1) is 22.3 Å². The SMILES string of the molecule is O=C(COC(=O)CCCOc1ccccc1)Nc1cccc(Cl)c1Cl. The molecule has 0 bridgehead atoms. The lowest BCUT2D eigenvalue weighted by molar-refractivity contribution is -0.147. The van der Waals surface area contributed by atoms with E-state index in [4.69, 9.17) is 32.7 Å². The summed E-state index contributed by atoms with van der Waals surface area (Å²) in [6.07, 6.45) is 0.660. The van der Waals surface area contributed by atoms with Crippen LogP contribution in [-0.2, 0) is 14.3 Å². The summed E-state index contributed by atoms with van der Waals surface area (Å²) in [5.41, 5.74) is 0.367. The molecule has 2 aromatic carbocycles. The normalized spacial score (nSPS) is 10.2. The topological polar surface area (TPSA) is 64.6 Å². The molecule has 0 aromatic heterocycles. The van der Waals surface area contributed by atoms with Crippen molar-refractivity contribution < 1.29 is 19.1 Å². The molecule has 7 heteroatoms. The molecule has 0 unspecified atom stereocenters. The molecular weight excluding hydrogens is 365 g/mol. The van der Waals surface area contributed by atoms with Crippen LogP contribution in [0.4, 0.5) is 5.69 Å². The van der Waals surface area contributed by atoms with E-state index in [1.165, 1.54) is 0 Å². The summed E-state index contributed by atoms with van der Waals surface area (Å²) in [5.74, 6) is -0.212. The summed E-state index contributed by atoms with van der Waals surface area (Å²) >= 11 is 11.8. The Morgan fingerprint density at radius 1 is 1.00 bits per heavy atom. The largest absolute Gasteiger partial charge is 0.494 e. The van der Waals surface area contributed by atoms with Gasteiger partial charge in [-0.1, -0.05) is 47.5 Å². The minimum absolute atomic E-state index is 0.165. The van der Waals surface area contributed by atoms with Gasteiger partial charge in [0.25, 0.3) is 5.91 Å². The predicted molar refractivity (Wildman–Crippen MR) is 97.2 cm³/mol. The van der Waals surface area contributed by atoms with E-state index in [0.717, 1.165) is 5.75 Å². The van der Waals surface area contributed by atoms with E-state index in [-0.39, 0.29) is 18.1 Å². The summed E-state index contributed by atoms with van der Waals surface area (Å²) in [6, 6.07) is 14.2. The Morgan fingerprint density at radius 3 is 2.52 bits per heavy atom. The van der Waals surface area contributed by atoms with Crippen molar-refractivity contribution in [3.05, 3.63) is 58.6 Å². The van der Waals surface area contributed by atoms with Gasteiger partial charge < -0.3 is 14.8 Å². The monoisotopic (exact) mass is 381 g/mol. The lowest BCUT2D eigenvalue weighted by Crippen LogP contribution is -2.21. The number of hydrogen-bond acceptors (Lipinski definition) is 4. The van der Waals surface area contributed by atoms with Gasteiger partial charge in [-0.05, 0) is 30.7 Å². The number of nitrogens with one attached hydrogen (secondary N) is 1. The van der Waals surface area contributed by atoms with Gasteiger partial charge >= 0.3 is 5.97 Å². The van der Waals surface area contributed by atoms with Crippen molar-refractivity contribution in [1.29, 1.82) is 0 Å². The molecule has 0 saturated carbocycles. The minimum atomic E-state index is -0.488. The molecule has 0 saturated heterocycles. The van der Waals surface area contributed by atoms with Crippen molar-refractivity contribution >= 4 is 40.8 Å². The van der Waals surface area contributed by atoms with Crippen LogP contribution in [0.3, 0.4) is 0 Å². The molecular formula is C18H17Cl2NO4. The number of amides is 1. The molecule has 5 nitrogen and oxygen atoms in total. The van der Waals surface area contributed by atoms with Gasteiger partial charge in [-0.25, -0.2) is 0 Å². The van der Waals surface area contributed by atoms with E-state index in [9.17, 15) is 9.59 Å². The number of carbonyl (C=O) groups is 2. The Balaban J connectivity index is 1.64. The first-order valence-electron chi connectivity index (χ1n) is 7.63. The molecule has 0 aliphatic carbocycles. The smallest absolute Gasteiger partial charge is 0.306 e. The van der Waals surface area contributed by atoms with Crippen molar-refractivity contribution in [3.8, 4) is 5.75 Å². The molecule has 0 heterocycles. The molecule has 0 spiro atoms. The highest BCUT2D eigenvalue weighted by Crippen LogP contribution is 2.29. The van der Waals surface area contributed by atoms with Crippen molar-refractivity contribution in [1.82, 2.24) is 0 Å². The number of rotatable bonds is 8. The second kappa shape index (κ2) is 9.91. The van der Waals surface area contributed by atoms with Crippen LogP contribution >= 0.6 is 23.2 Å². The lowest BCUT2D eigenvalue weighted by atomic mass is 10.3. The first-order valence-corrected chi connectivity index (χ1v) is 8.39. The number of benzene rings is 2. The molecule has 0 aliphatic heterocycles. The summed E-state index contributed by atoms with van der Waals surface area (Å²) in [7, 11) is 0. The number of ether oxygens (including phenoxy) is 2. The maximum absolute atomic E-state index is 11.8. The summed E-state index contributed by atoms with van der Waals surface area (Å²) in [6.45, 7) is 0.00461. The first kappa shape index (κ1) is 19.1. The van der Waals surface area contributed by atoms with Crippen molar-refractivity contribution in [2.45, 2.75) is 12.8 Å². The number of halogens is 2. The zero-order chi connectivity index (χ0) is 18.1. The van der Waals surface area contributed by atoms with Crippen LogP contribution in [0.15, 0.2) is 48.5 Å². The van der Waals surface area contributed by atoms with Crippen LogP contribution in [0.1, 0.15) is 12.8 Å². The van der Waals surface area contributed by atoms with Crippen LogP contribution in [0, 0.1) is 0 Å². The highest BCUT2D eigenvalue weighted by atomic mass is 35.5. The van der Waals surface area contributed by atoms with E-state index in [0.29, 0.717) is 23.7 Å². The van der Waals surface area contributed by atoms with E-state index in [2.05, 4.69) is 5.32 Å². The second-order valence-electron chi connectivity index (χ2n) is 5.08. The predicted octanol–water partition coefficient (Wildman–Crippen LogP) is 4.33.